The molecule has 2 aromatic carbocycles. The zero-order valence-electron chi connectivity index (χ0n) is 15.6. The van der Waals surface area contributed by atoms with E-state index in [1.807, 2.05) is 32.3 Å². The Hall–Kier alpha value is -2.99. The number of aromatic hydroxyl groups is 1. The van der Waals surface area contributed by atoms with Gasteiger partial charge in [-0.2, -0.15) is 0 Å². The molecule has 140 valence electrons. The first-order valence-electron chi connectivity index (χ1n) is 8.93. The third-order valence-corrected chi connectivity index (χ3v) is 4.68. The van der Waals surface area contributed by atoms with Crippen molar-refractivity contribution in [2.24, 2.45) is 0 Å². The summed E-state index contributed by atoms with van der Waals surface area (Å²) in [7, 11) is 3.96. The lowest BCUT2D eigenvalue weighted by atomic mass is 10.0. The Balaban J connectivity index is 1.93. The molecule has 0 bridgehead atoms. The van der Waals surface area contributed by atoms with Gasteiger partial charge in [0.15, 0.2) is 17.1 Å². The van der Waals surface area contributed by atoms with E-state index in [2.05, 4.69) is 0 Å². The maximum absolute atomic E-state index is 13.2. The molecule has 1 aliphatic heterocycles. The second-order valence-corrected chi connectivity index (χ2v) is 7.04. The van der Waals surface area contributed by atoms with E-state index in [0.717, 1.165) is 10.5 Å². The van der Waals surface area contributed by atoms with Crippen molar-refractivity contribution in [1.29, 1.82) is 0 Å². The predicted molar refractivity (Wildman–Crippen MR) is 102 cm³/mol. The van der Waals surface area contributed by atoms with Crippen LogP contribution >= 0.6 is 0 Å². The number of rotatable bonds is 3. The van der Waals surface area contributed by atoms with Crippen molar-refractivity contribution in [3.63, 3.8) is 0 Å². The van der Waals surface area contributed by atoms with Crippen LogP contribution in [0.5, 0.6) is 17.2 Å². The van der Waals surface area contributed by atoms with Gasteiger partial charge in [0, 0.05) is 0 Å². The molecule has 0 spiro atoms. The Bertz CT molecular complexity index is 1080. The van der Waals surface area contributed by atoms with Crippen molar-refractivity contribution in [1.82, 2.24) is 0 Å². The second-order valence-electron chi connectivity index (χ2n) is 7.04. The quantitative estimate of drug-likeness (QED) is 0.739. The van der Waals surface area contributed by atoms with Crippen molar-refractivity contribution >= 4 is 11.0 Å². The van der Waals surface area contributed by atoms with Crippen LogP contribution in [0.15, 0.2) is 39.5 Å². The molecule has 1 aromatic heterocycles. The van der Waals surface area contributed by atoms with Gasteiger partial charge in [-0.25, -0.2) is 0 Å². The molecule has 3 aromatic rings. The molecule has 2 N–H and O–H groups in total. The summed E-state index contributed by atoms with van der Waals surface area (Å²) in [6, 6.07) is 8.63. The number of hydrogen-bond acceptors (Lipinski definition) is 5. The van der Waals surface area contributed by atoms with Crippen LogP contribution in [-0.4, -0.2) is 32.4 Å². The van der Waals surface area contributed by atoms with Crippen molar-refractivity contribution in [2.45, 2.75) is 13.5 Å². The third-order valence-electron chi connectivity index (χ3n) is 4.68. The third kappa shape index (κ3) is 3.02. The van der Waals surface area contributed by atoms with E-state index in [4.69, 9.17) is 13.9 Å². The Morgan fingerprint density at radius 1 is 1.07 bits per heavy atom. The molecule has 0 unspecified atom stereocenters. The lowest BCUT2D eigenvalue weighted by Gasteiger charge is -2.19. The van der Waals surface area contributed by atoms with E-state index < -0.39 is 0 Å². The first kappa shape index (κ1) is 17.4. The second kappa shape index (κ2) is 6.63. The molecule has 0 radical (unpaired) electrons. The lowest BCUT2D eigenvalue weighted by Crippen LogP contribution is -3.04. The largest absolute Gasteiger partial charge is 0.507 e. The maximum atomic E-state index is 13.2. The summed E-state index contributed by atoms with van der Waals surface area (Å²) >= 11 is 0. The topological polar surface area (TPSA) is 73.3 Å². The molecule has 0 saturated carbocycles. The summed E-state index contributed by atoms with van der Waals surface area (Å²) in [4.78, 5) is 14.4. The standard InChI is InChI=1S/C21H21NO5/c1-12-19(13-4-7-17-18(10-13)26-9-8-25-17)20(24)14-5-6-16(23)15(11-22(2)3)21(14)27-12/h4-7,10,23H,8-9,11H2,1-3H3/p+1. The summed E-state index contributed by atoms with van der Waals surface area (Å²) in [5, 5.41) is 10.7. The minimum Gasteiger partial charge on any atom is -0.507 e. The van der Waals surface area contributed by atoms with Crippen molar-refractivity contribution in [2.75, 3.05) is 27.3 Å². The van der Waals surface area contributed by atoms with E-state index in [0.29, 0.717) is 59.1 Å². The molecule has 2 heterocycles. The fourth-order valence-corrected chi connectivity index (χ4v) is 3.47. The number of ether oxygens (including phenoxy) is 2. The first-order valence-corrected chi connectivity index (χ1v) is 8.93. The zero-order valence-corrected chi connectivity index (χ0v) is 15.6. The molecule has 0 atom stereocenters. The van der Waals surface area contributed by atoms with Crippen molar-refractivity contribution in [3.05, 3.63) is 51.9 Å². The van der Waals surface area contributed by atoms with Crippen LogP contribution in [0.2, 0.25) is 0 Å². The number of aryl methyl sites for hydroxylation is 1. The lowest BCUT2D eigenvalue weighted by molar-refractivity contribution is -0.872. The van der Waals surface area contributed by atoms with Gasteiger partial charge in [-0.15, -0.1) is 0 Å². The zero-order chi connectivity index (χ0) is 19.1. The van der Waals surface area contributed by atoms with Gasteiger partial charge >= 0.3 is 0 Å². The number of phenolic OH excluding ortho intramolecular Hbond substituents is 1. The molecule has 4 rings (SSSR count). The SMILES string of the molecule is Cc1oc2c(C[NH+](C)C)c(O)ccc2c(=O)c1-c1ccc2c(c1)OCCO2. The number of benzene rings is 2. The number of nitrogens with one attached hydrogen (secondary N) is 1. The number of phenols is 1. The van der Waals surface area contributed by atoms with E-state index in [-0.39, 0.29) is 11.2 Å². The Morgan fingerprint density at radius 3 is 2.56 bits per heavy atom. The normalized spacial score (nSPS) is 13.3. The van der Waals surface area contributed by atoms with Gasteiger partial charge in [-0.1, -0.05) is 6.07 Å². The fourth-order valence-electron chi connectivity index (χ4n) is 3.47. The molecule has 0 aliphatic carbocycles. The van der Waals surface area contributed by atoms with Crippen LogP contribution < -0.4 is 19.8 Å². The molecule has 27 heavy (non-hydrogen) atoms. The smallest absolute Gasteiger partial charge is 0.200 e. The van der Waals surface area contributed by atoms with Gasteiger partial charge in [0.1, 0.15) is 31.3 Å². The van der Waals surface area contributed by atoms with Crippen LogP contribution in [0.25, 0.3) is 22.1 Å². The summed E-state index contributed by atoms with van der Waals surface area (Å²) in [6.45, 7) is 3.32. The van der Waals surface area contributed by atoms with Crippen molar-refractivity contribution < 1.29 is 23.9 Å². The molecule has 6 heteroatoms. The Labute approximate surface area is 156 Å². The first-order chi connectivity index (χ1) is 13.0. The molecular formula is C21H22NO5+. The summed E-state index contributed by atoms with van der Waals surface area (Å²) in [6.07, 6.45) is 0. The molecule has 0 amide bonds. The summed E-state index contributed by atoms with van der Waals surface area (Å²) in [5.41, 5.74) is 2.18. The molecule has 1 aliphatic rings. The van der Waals surface area contributed by atoms with Crippen LogP contribution in [0.3, 0.4) is 0 Å². The monoisotopic (exact) mass is 368 g/mol. The van der Waals surface area contributed by atoms with Gasteiger partial charge in [-0.05, 0) is 36.8 Å². The fraction of sp³-hybridized carbons (Fsp3) is 0.286. The highest BCUT2D eigenvalue weighted by Crippen LogP contribution is 2.36. The van der Waals surface area contributed by atoms with E-state index in [1.54, 1.807) is 19.1 Å². The molecule has 0 fully saturated rings. The molecule has 6 nitrogen and oxygen atoms in total. The molecular weight excluding hydrogens is 346 g/mol. The Kier molecular flexibility index (Phi) is 4.28. The number of fused-ring (bicyclic) bond motifs is 2. The number of quaternary nitrogens is 1. The summed E-state index contributed by atoms with van der Waals surface area (Å²) < 4.78 is 17.2. The number of hydrogen-bond donors (Lipinski definition) is 2. The van der Waals surface area contributed by atoms with Gasteiger partial charge in [0.25, 0.3) is 0 Å². The van der Waals surface area contributed by atoms with E-state index in [1.165, 1.54) is 0 Å². The maximum Gasteiger partial charge on any atom is 0.200 e. The predicted octanol–water partition coefficient (Wildman–Crippen LogP) is 1.89. The highest BCUT2D eigenvalue weighted by Gasteiger charge is 2.21. The molecule has 0 saturated heterocycles. The van der Waals surface area contributed by atoms with Crippen LogP contribution in [0.4, 0.5) is 0 Å². The van der Waals surface area contributed by atoms with Gasteiger partial charge in [-0.3, -0.25) is 4.79 Å². The van der Waals surface area contributed by atoms with E-state index in [9.17, 15) is 9.90 Å². The van der Waals surface area contributed by atoms with Crippen LogP contribution in [-0.2, 0) is 6.54 Å². The highest BCUT2D eigenvalue weighted by molar-refractivity contribution is 5.86. The average Bonchev–Trinajstić information content (AvgIpc) is 2.64. The van der Waals surface area contributed by atoms with E-state index >= 15 is 0 Å². The minimum absolute atomic E-state index is 0.125. The van der Waals surface area contributed by atoms with Crippen molar-refractivity contribution in [3.8, 4) is 28.4 Å². The average molecular weight is 368 g/mol. The van der Waals surface area contributed by atoms with Gasteiger partial charge < -0.3 is 23.9 Å². The highest BCUT2D eigenvalue weighted by atomic mass is 16.6. The van der Waals surface area contributed by atoms with Crippen LogP contribution in [0.1, 0.15) is 11.3 Å². The Morgan fingerprint density at radius 2 is 1.81 bits per heavy atom. The van der Waals surface area contributed by atoms with Gasteiger partial charge in [0.2, 0.25) is 5.43 Å². The van der Waals surface area contributed by atoms with Crippen LogP contribution in [0, 0.1) is 6.92 Å². The van der Waals surface area contributed by atoms with Gasteiger partial charge in [0.05, 0.1) is 30.6 Å². The minimum atomic E-state index is -0.125. The summed E-state index contributed by atoms with van der Waals surface area (Å²) in [5.74, 6) is 1.94.